The number of aliphatic hydroxyl groups is 1. The Morgan fingerprint density at radius 2 is 2.18 bits per heavy atom. The largest absolute Gasteiger partial charge is 0.393 e. The van der Waals surface area contributed by atoms with Crippen molar-refractivity contribution in [2.24, 2.45) is 5.92 Å². The first kappa shape index (κ1) is 15.1. The SMILES string of the molecule is CN(CC1CCCC1O)C(=O)c1csc(-c2ncccn2)n1. The number of aliphatic hydroxyl groups excluding tert-OH is 1. The van der Waals surface area contributed by atoms with Gasteiger partial charge in [0.15, 0.2) is 10.8 Å². The topological polar surface area (TPSA) is 79.2 Å². The van der Waals surface area contributed by atoms with Crippen LogP contribution in [-0.2, 0) is 0 Å². The second kappa shape index (κ2) is 6.50. The van der Waals surface area contributed by atoms with Crippen LogP contribution in [0, 0.1) is 5.92 Å². The molecular weight excluding hydrogens is 300 g/mol. The Morgan fingerprint density at radius 1 is 1.41 bits per heavy atom. The molecule has 2 aromatic heterocycles. The summed E-state index contributed by atoms with van der Waals surface area (Å²) in [6, 6.07) is 1.74. The lowest BCUT2D eigenvalue weighted by Gasteiger charge is -2.22. The molecule has 0 saturated heterocycles. The normalized spacial score (nSPS) is 21.0. The molecule has 1 N–H and O–H groups in total. The smallest absolute Gasteiger partial charge is 0.273 e. The molecule has 1 fully saturated rings. The van der Waals surface area contributed by atoms with Gasteiger partial charge < -0.3 is 10.0 Å². The third kappa shape index (κ3) is 3.15. The van der Waals surface area contributed by atoms with E-state index in [0.717, 1.165) is 19.3 Å². The van der Waals surface area contributed by atoms with Crippen molar-refractivity contribution in [2.45, 2.75) is 25.4 Å². The van der Waals surface area contributed by atoms with E-state index in [9.17, 15) is 9.90 Å². The fourth-order valence-electron chi connectivity index (χ4n) is 2.74. The van der Waals surface area contributed by atoms with Crippen LogP contribution in [0.15, 0.2) is 23.8 Å². The van der Waals surface area contributed by atoms with Gasteiger partial charge in [-0.05, 0) is 18.9 Å². The van der Waals surface area contributed by atoms with E-state index in [1.165, 1.54) is 11.3 Å². The van der Waals surface area contributed by atoms with Gasteiger partial charge in [-0.15, -0.1) is 11.3 Å². The van der Waals surface area contributed by atoms with Crippen LogP contribution in [0.4, 0.5) is 0 Å². The molecule has 0 aromatic carbocycles. The summed E-state index contributed by atoms with van der Waals surface area (Å²) in [5.41, 5.74) is 0.405. The molecule has 6 nitrogen and oxygen atoms in total. The fourth-order valence-corrected chi connectivity index (χ4v) is 3.48. The quantitative estimate of drug-likeness (QED) is 0.930. The Labute approximate surface area is 132 Å². The molecule has 0 spiro atoms. The number of thiazole rings is 1. The number of aromatic nitrogens is 3. The molecule has 116 valence electrons. The number of carbonyl (C=O) groups is 1. The monoisotopic (exact) mass is 318 g/mol. The van der Waals surface area contributed by atoms with E-state index in [0.29, 0.717) is 23.1 Å². The minimum absolute atomic E-state index is 0.127. The zero-order valence-corrected chi connectivity index (χ0v) is 13.2. The van der Waals surface area contributed by atoms with E-state index in [-0.39, 0.29) is 17.9 Å². The van der Waals surface area contributed by atoms with Gasteiger partial charge in [0.1, 0.15) is 5.69 Å². The Balaban J connectivity index is 1.68. The first-order valence-electron chi connectivity index (χ1n) is 7.31. The van der Waals surface area contributed by atoms with Crippen molar-refractivity contribution < 1.29 is 9.90 Å². The van der Waals surface area contributed by atoms with Gasteiger partial charge in [-0.25, -0.2) is 15.0 Å². The second-order valence-corrected chi connectivity index (χ2v) is 6.41. The van der Waals surface area contributed by atoms with Gasteiger partial charge in [-0.3, -0.25) is 4.79 Å². The molecule has 2 aromatic rings. The van der Waals surface area contributed by atoms with E-state index < -0.39 is 0 Å². The molecule has 1 aliphatic carbocycles. The lowest BCUT2D eigenvalue weighted by atomic mass is 10.1. The summed E-state index contributed by atoms with van der Waals surface area (Å²) in [7, 11) is 1.76. The molecule has 22 heavy (non-hydrogen) atoms. The molecule has 7 heteroatoms. The lowest BCUT2D eigenvalue weighted by Crippen LogP contribution is -2.34. The standard InChI is InChI=1S/C15H18N4O2S/c1-19(8-10-4-2-5-12(10)20)15(21)11-9-22-14(18-11)13-16-6-3-7-17-13/h3,6-7,9-10,12,20H,2,4-5,8H2,1H3. The number of amides is 1. The summed E-state index contributed by atoms with van der Waals surface area (Å²) < 4.78 is 0. The van der Waals surface area contributed by atoms with Crippen molar-refractivity contribution in [1.82, 2.24) is 19.9 Å². The van der Waals surface area contributed by atoms with Gasteiger partial charge in [0.25, 0.3) is 5.91 Å². The highest BCUT2D eigenvalue weighted by molar-refractivity contribution is 7.13. The predicted octanol–water partition coefficient (Wildman–Crippen LogP) is 1.83. The summed E-state index contributed by atoms with van der Waals surface area (Å²) in [6.07, 6.45) is 5.84. The zero-order chi connectivity index (χ0) is 15.5. The molecule has 0 radical (unpaired) electrons. The van der Waals surface area contributed by atoms with E-state index in [1.807, 2.05) is 0 Å². The first-order valence-corrected chi connectivity index (χ1v) is 8.19. The maximum atomic E-state index is 12.4. The number of nitrogens with zero attached hydrogens (tertiary/aromatic N) is 4. The first-order chi connectivity index (χ1) is 10.6. The third-order valence-corrected chi connectivity index (χ3v) is 4.79. The van der Waals surface area contributed by atoms with Gasteiger partial charge in [0.05, 0.1) is 6.10 Å². The van der Waals surface area contributed by atoms with Crippen LogP contribution >= 0.6 is 11.3 Å². The molecule has 2 atom stereocenters. The Kier molecular flexibility index (Phi) is 4.44. The zero-order valence-electron chi connectivity index (χ0n) is 12.3. The van der Waals surface area contributed by atoms with Crippen LogP contribution in [0.2, 0.25) is 0 Å². The fraction of sp³-hybridized carbons (Fsp3) is 0.467. The van der Waals surface area contributed by atoms with Crippen LogP contribution < -0.4 is 0 Å². The number of rotatable bonds is 4. The average molecular weight is 318 g/mol. The lowest BCUT2D eigenvalue weighted by molar-refractivity contribution is 0.0689. The number of hydrogen-bond acceptors (Lipinski definition) is 6. The van der Waals surface area contributed by atoms with Crippen molar-refractivity contribution >= 4 is 17.2 Å². The highest BCUT2D eigenvalue weighted by atomic mass is 32.1. The van der Waals surface area contributed by atoms with Crippen molar-refractivity contribution in [3.8, 4) is 10.8 Å². The van der Waals surface area contributed by atoms with Gasteiger partial charge in [0.2, 0.25) is 0 Å². The number of carbonyl (C=O) groups excluding carboxylic acids is 1. The molecular formula is C15H18N4O2S. The van der Waals surface area contributed by atoms with Crippen molar-refractivity contribution in [2.75, 3.05) is 13.6 Å². The summed E-state index contributed by atoms with van der Waals surface area (Å²) in [4.78, 5) is 26.7. The molecule has 1 amide bonds. The van der Waals surface area contributed by atoms with Gasteiger partial charge in [0, 0.05) is 37.3 Å². The van der Waals surface area contributed by atoms with Gasteiger partial charge in [-0.1, -0.05) is 6.42 Å². The Hall–Kier alpha value is -1.86. The van der Waals surface area contributed by atoms with Crippen LogP contribution in [0.3, 0.4) is 0 Å². The van der Waals surface area contributed by atoms with E-state index in [1.54, 1.807) is 35.8 Å². The van der Waals surface area contributed by atoms with E-state index in [4.69, 9.17) is 0 Å². The maximum absolute atomic E-state index is 12.4. The van der Waals surface area contributed by atoms with E-state index >= 15 is 0 Å². The summed E-state index contributed by atoms with van der Waals surface area (Å²) in [6.45, 7) is 0.564. The predicted molar refractivity (Wildman–Crippen MR) is 83.4 cm³/mol. The summed E-state index contributed by atoms with van der Waals surface area (Å²) in [5, 5.41) is 12.2. The van der Waals surface area contributed by atoms with E-state index in [2.05, 4.69) is 15.0 Å². The Morgan fingerprint density at radius 3 is 2.86 bits per heavy atom. The summed E-state index contributed by atoms with van der Waals surface area (Å²) >= 11 is 1.36. The minimum Gasteiger partial charge on any atom is -0.393 e. The number of hydrogen-bond donors (Lipinski definition) is 1. The molecule has 2 heterocycles. The minimum atomic E-state index is -0.293. The third-order valence-electron chi connectivity index (χ3n) is 3.95. The Bertz CT molecular complexity index is 646. The molecule has 0 aliphatic heterocycles. The van der Waals surface area contributed by atoms with Gasteiger partial charge >= 0.3 is 0 Å². The van der Waals surface area contributed by atoms with Crippen LogP contribution in [0.25, 0.3) is 10.8 Å². The summed E-state index contributed by atoms with van der Waals surface area (Å²) in [5.74, 6) is 0.572. The maximum Gasteiger partial charge on any atom is 0.273 e. The molecule has 3 rings (SSSR count). The molecule has 0 bridgehead atoms. The van der Waals surface area contributed by atoms with Crippen molar-refractivity contribution in [1.29, 1.82) is 0 Å². The highest BCUT2D eigenvalue weighted by Gasteiger charge is 2.28. The molecule has 2 unspecified atom stereocenters. The van der Waals surface area contributed by atoms with Crippen LogP contribution in [-0.4, -0.2) is 50.6 Å². The van der Waals surface area contributed by atoms with Crippen molar-refractivity contribution in [3.63, 3.8) is 0 Å². The van der Waals surface area contributed by atoms with Crippen LogP contribution in [0.1, 0.15) is 29.8 Å². The van der Waals surface area contributed by atoms with Crippen LogP contribution in [0.5, 0.6) is 0 Å². The highest BCUT2D eigenvalue weighted by Crippen LogP contribution is 2.27. The molecule has 1 saturated carbocycles. The molecule has 1 aliphatic rings. The second-order valence-electron chi connectivity index (χ2n) is 5.55. The van der Waals surface area contributed by atoms with Crippen molar-refractivity contribution in [3.05, 3.63) is 29.5 Å². The average Bonchev–Trinajstić information content (AvgIpc) is 3.17. The van der Waals surface area contributed by atoms with Gasteiger partial charge in [-0.2, -0.15) is 0 Å².